The zero-order valence-electron chi connectivity index (χ0n) is 14.7. The number of morpholine rings is 1. The van der Waals surface area contributed by atoms with Gasteiger partial charge in [0.15, 0.2) is 5.96 Å². The molecular weight excluding hydrogens is 290 g/mol. The summed E-state index contributed by atoms with van der Waals surface area (Å²) in [5, 5.41) is 6.86. The molecule has 0 aromatic carbocycles. The number of hydrogen-bond acceptors (Lipinski definition) is 3. The molecule has 1 fully saturated rings. The maximum Gasteiger partial charge on any atom is 0.191 e. The van der Waals surface area contributed by atoms with Crippen LogP contribution < -0.4 is 10.6 Å². The van der Waals surface area contributed by atoms with Crippen molar-refractivity contribution in [1.82, 2.24) is 20.1 Å². The van der Waals surface area contributed by atoms with E-state index in [1.54, 1.807) is 0 Å². The minimum absolute atomic E-state index is 0.502. The van der Waals surface area contributed by atoms with Gasteiger partial charge < -0.3 is 19.9 Å². The van der Waals surface area contributed by atoms with Gasteiger partial charge in [-0.1, -0.05) is 13.8 Å². The first-order chi connectivity index (χ1) is 11.2. The quantitative estimate of drug-likeness (QED) is 0.581. The van der Waals surface area contributed by atoms with Crippen LogP contribution in [0.1, 0.15) is 13.8 Å². The second-order valence-electron chi connectivity index (χ2n) is 6.26. The van der Waals surface area contributed by atoms with Crippen LogP contribution in [-0.2, 0) is 11.3 Å². The predicted octanol–water partition coefficient (Wildman–Crippen LogP) is 1.01. The van der Waals surface area contributed by atoms with E-state index in [0.29, 0.717) is 12.0 Å². The average Bonchev–Trinajstić information content (AvgIpc) is 3.07. The normalized spacial score (nSPS) is 18.2. The molecule has 0 aliphatic carbocycles. The SMILES string of the molecule is CN=C(NCCn1cccc1)NCC(C(C)C)N1CCOCC1. The number of nitrogens with one attached hydrogen (secondary N) is 2. The first kappa shape index (κ1) is 17.8. The molecule has 1 atom stereocenters. The summed E-state index contributed by atoms with van der Waals surface area (Å²) in [5.41, 5.74) is 0. The van der Waals surface area contributed by atoms with Crippen molar-refractivity contribution in [1.29, 1.82) is 0 Å². The predicted molar refractivity (Wildman–Crippen MR) is 94.8 cm³/mol. The molecule has 6 nitrogen and oxygen atoms in total. The van der Waals surface area contributed by atoms with Gasteiger partial charge in [0.25, 0.3) is 0 Å². The highest BCUT2D eigenvalue weighted by Gasteiger charge is 2.23. The molecule has 2 N–H and O–H groups in total. The van der Waals surface area contributed by atoms with Gasteiger partial charge in [-0.05, 0) is 18.1 Å². The third-order valence-corrected chi connectivity index (χ3v) is 4.32. The van der Waals surface area contributed by atoms with Gasteiger partial charge in [-0.3, -0.25) is 9.89 Å². The number of guanidine groups is 1. The topological polar surface area (TPSA) is 53.8 Å². The van der Waals surface area contributed by atoms with Crippen molar-refractivity contribution >= 4 is 5.96 Å². The Kier molecular flexibility index (Phi) is 7.42. The average molecular weight is 321 g/mol. The van der Waals surface area contributed by atoms with Crippen molar-refractivity contribution in [3.8, 4) is 0 Å². The number of aromatic nitrogens is 1. The number of rotatable bonds is 7. The summed E-state index contributed by atoms with van der Waals surface area (Å²) in [5.74, 6) is 1.47. The Morgan fingerprint density at radius 2 is 1.87 bits per heavy atom. The fraction of sp³-hybridized carbons (Fsp3) is 0.706. The molecule has 1 unspecified atom stereocenters. The van der Waals surface area contributed by atoms with Crippen LogP contribution in [0.5, 0.6) is 0 Å². The molecule has 6 heteroatoms. The lowest BCUT2D eigenvalue weighted by Crippen LogP contribution is -2.52. The molecular formula is C17H31N5O. The van der Waals surface area contributed by atoms with Crippen molar-refractivity contribution in [2.45, 2.75) is 26.4 Å². The summed E-state index contributed by atoms with van der Waals surface area (Å²) >= 11 is 0. The van der Waals surface area contributed by atoms with Crippen LogP contribution in [0.3, 0.4) is 0 Å². The van der Waals surface area contributed by atoms with Crippen LogP contribution in [-0.4, -0.2) is 67.9 Å². The molecule has 1 aromatic rings. The summed E-state index contributed by atoms with van der Waals surface area (Å²) in [6.45, 7) is 11.0. The van der Waals surface area contributed by atoms with E-state index >= 15 is 0 Å². The first-order valence-electron chi connectivity index (χ1n) is 8.57. The van der Waals surface area contributed by atoms with Crippen molar-refractivity contribution in [2.75, 3.05) is 46.4 Å². The molecule has 2 rings (SSSR count). The van der Waals surface area contributed by atoms with E-state index in [0.717, 1.165) is 51.9 Å². The molecule has 0 saturated carbocycles. The van der Waals surface area contributed by atoms with E-state index in [1.165, 1.54) is 0 Å². The van der Waals surface area contributed by atoms with E-state index in [4.69, 9.17) is 4.74 Å². The molecule has 130 valence electrons. The lowest BCUT2D eigenvalue weighted by Gasteiger charge is -2.37. The Labute approximate surface area is 139 Å². The molecule has 0 amide bonds. The maximum atomic E-state index is 5.46. The van der Waals surface area contributed by atoms with Crippen molar-refractivity contribution < 1.29 is 4.74 Å². The summed E-state index contributed by atoms with van der Waals surface area (Å²) in [6.07, 6.45) is 4.15. The Morgan fingerprint density at radius 1 is 1.17 bits per heavy atom. The highest BCUT2D eigenvalue weighted by Crippen LogP contribution is 2.12. The van der Waals surface area contributed by atoms with E-state index in [1.807, 2.05) is 19.2 Å². The molecule has 23 heavy (non-hydrogen) atoms. The largest absolute Gasteiger partial charge is 0.379 e. The first-order valence-corrected chi connectivity index (χ1v) is 8.57. The summed E-state index contributed by atoms with van der Waals surface area (Å²) in [7, 11) is 1.82. The Hall–Kier alpha value is -1.53. The van der Waals surface area contributed by atoms with E-state index in [-0.39, 0.29) is 0 Å². The zero-order valence-corrected chi connectivity index (χ0v) is 14.7. The second kappa shape index (κ2) is 9.57. The number of ether oxygens (including phenoxy) is 1. The third-order valence-electron chi connectivity index (χ3n) is 4.32. The highest BCUT2D eigenvalue weighted by molar-refractivity contribution is 5.79. The smallest absolute Gasteiger partial charge is 0.191 e. The number of nitrogens with zero attached hydrogens (tertiary/aromatic N) is 3. The van der Waals surface area contributed by atoms with Gasteiger partial charge in [0.1, 0.15) is 0 Å². The molecule has 0 spiro atoms. The van der Waals surface area contributed by atoms with Crippen LogP contribution >= 0.6 is 0 Å². The lowest BCUT2D eigenvalue weighted by atomic mass is 10.0. The van der Waals surface area contributed by atoms with Gasteiger partial charge in [-0.2, -0.15) is 0 Å². The Bertz CT molecular complexity index is 452. The standard InChI is InChI=1S/C17H31N5O/c1-15(2)16(22-10-12-23-13-11-22)14-20-17(18-3)19-6-9-21-7-4-5-8-21/h4-5,7-8,15-16H,6,9-14H2,1-3H3,(H2,18,19,20). The van der Waals surface area contributed by atoms with E-state index < -0.39 is 0 Å². The molecule has 1 aliphatic heterocycles. The molecule has 0 radical (unpaired) electrons. The van der Waals surface area contributed by atoms with Crippen molar-refractivity contribution in [2.24, 2.45) is 10.9 Å². The van der Waals surface area contributed by atoms with Crippen LogP contribution in [0.15, 0.2) is 29.5 Å². The lowest BCUT2D eigenvalue weighted by molar-refractivity contribution is 0.00752. The third kappa shape index (κ3) is 5.88. The van der Waals surface area contributed by atoms with Crippen LogP contribution in [0.2, 0.25) is 0 Å². The van der Waals surface area contributed by atoms with Crippen LogP contribution in [0.4, 0.5) is 0 Å². The minimum Gasteiger partial charge on any atom is -0.379 e. The fourth-order valence-electron chi connectivity index (χ4n) is 2.94. The molecule has 2 heterocycles. The van der Waals surface area contributed by atoms with Crippen molar-refractivity contribution in [3.63, 3.8) is 0 Å². The number of aliphatic imine (C=N–C) groups is 1. The van der Waals surface area contributed by atoms with Gasteiger partial charge in [0.05, 0.1) is 13.2 Å². The van der Waals surface area contributed by atoms with Crippen molar-refractivity contribution in [3.05, 3.63) is 24.5 Å². The number of hydrogen-bond donors (Lipinski definition) is 2. The van der Waals surface area contributed by atoms with Crippen LogP contribution in [0.25, 0.3) is 0 Å². The molecule has 1 aromatic heterocycles. The van der Waals surface area contributed by atoms with E-state index in [2.05, 4.69) is 51.3 Å². The molecule has 1 aliphatic rings. The fourth-order valence-corrected chi connectivity index (χ4v) is 2.94. The molecule has 0 bridgehead atoms. The zero-order chi connectivity index (χ0) is 16.5. The second-order valence-corrected chi connectivity index (χ2v) is 6.26. The Balaban J connectivity index is 1.75. The monoisotopic (exact) mass is 321 g/mol. The van der Waals surface area contributed by atoms with Gasteiger partial charge in [-0.25, -0.2) is 0 Å². The van der Waals surface area contributed by atoms with E-state index in [9.17, 15) is 0 Å². The molecule has 1 saturated heterocycles. The highest BCUT2D eigenvalue weighted by atomic mass is 16.5. The maximum absolute atomic E-state index is 5.46. The summed E-state index contributed by atoms with van der Waals surface area (Å²) in [6, 6.07) is 4.59. The van der Waals surface area contributed by atoms with Gasteiger partial charge in [0, 0.05) is 58.2 Å². The summed E-state index contributed by atoms with van der Waals surface area (Å²) < 4.78 is 7.62. The van der Waals surface area contributed by atoms with Gasteiger partial charge in [0.2, 0.25) is 0 Å². The summed E-state index contributed by atoms with van der Waals surface area (Å²) in [4.78, 5) is 6.85. The Morgan fingerprint density at radius 3 is 2.48 bits per heavy atom. The minimum atomic E-state index is 0.502. The van der Waals surface area contributed by atoms with Gasteiger partial charge >= 0.3 is 0 Å². The van der Waals surface area contributed by atoms with Gasteiger partial charge in [-0.15, -0.1) is 0 Å². The van der Waals surface area contributed by atoms with Crippen LogP contribution in [0, 0.1) is 5.92 Å².